The van der Waals surface area contributed by atoms with E-state index in [9.17, 15) is 14.4 Å². The van der Waals surface area contributed by atoms with Crippen LogP contribution in [0, 0.1) is 0 Å². The summed E-state index contributed by atoms with van der Waals surface area (Å²) in [6.07, 6.45) is 71.7. The molecule has 0 amide bonds. The fourth-order valence-corrected chi connectivity index (χ4v) is 7.74. The SMILES string of the molecule is CC/C=C\C/C=C\C/C=C\C/C=C\CCCCCCCCCCCCCCCCC(=O)OCC(COC(=O)CCCCCCCCC)OC(=O)CCCCCCC/C=C\C/C=C\C/C=C\CC. The van der Waals surface area contributed by atoms with E-state index in [1.54, 1.807) is 0 Å². The van der Waals surface area contributed by atoms with Crippen molar-refractivity contribution in [2.75, 3.05) is 13.2 Å². The molecule has 0 aromatic rings. The first-order chi connectivity index (χ1) is 33.0. The molecule has 1 unspecified atom stereocenters. The molecule has 0 bridgehead atoms. The maximum absolute atomic E-state index is 12.8. The number of allylic oxidation sites excluding steroid dienone is 14. The van der Waals surface area contributed by atoms with Gasteiger partial charge in [0.1, 0.15) is 13.2 Å². The predicted octanol–water partition coefficient (Wildman–Crippen LogP) is 18.8. The van der Waals surface area contributed by atoms with Crippen LogP contribution in [-0.4, -0.2) is 37.2 Å². The van der Waals surface area contributed by atoms with Gasteiger partial charge in [-0.3, -0.25) is 14.4 Å². The van der Waals surface area contributed by atoms with Crippen LogP contribution in [0.2, 0.25) is 0 Å². The van der Waals surface area contributed by atoms with Crippen molar-refractivity contribution in [3.05, 3.63) is 85.1 Å². The molecule has 0 rings (SSSR count). The maximum Gasteiger partial charge on any atom is 0.306 e. The van der Waals surface area contributed by atoms with Crippen molar-refractivity contribution in [2.45, 2.75) is 271 Å². The van der Waals surface area contributed by atoms with Gasteiger partial charge in [0.05, 0.1) is 0 Å². The van der Waals surface area contributed by atoms with Crippen molar-refractivity contribution >= 4 is 17.9 Å². The minimum absolute atomic E-state index is 0.0820. The van der Waals surface area contributed by atoms with Gasteiger partial charge in [-0.05, 0) is 89.9 Å². The Morgan fingerprint density at radius 3 is 0.910 bits per heavy atom. The molecule has 67 heavy (non-hydrogen) atoms. The summed E-state index contributed by atoms with van der Waals surface area (Å²) in [5.41, 5.74) is 0. The Labute approximate surface area is 414 Å². The number of hydrogen-bond donors (Lipinski definition) is 0. The average Bonchev–Trinajstić information content (AvgIpc) is 3.33. The first kappa shape index (κ1) is 63.6. The quantitative estimate of drug-likeness (QED) is 0.0262. The minimum atomic E-state index is -0.782. The fraction of sp³-hybridized carbons (Fsp3) is 0.721. The Hall–Kier alpha value is -3.41. The number of carbonyl (C=O) groups is 3. The molecule has 0 heterocycles. The first-order valence-corrected chi connectivity index (χ1v) is 28.1. The van der Waals surface area contributed by atoms with Crippen molar-refractivity contribution in [3.63, 3.8) is 0 Å². The number of unbranched alkanes of at least 4 members (excludes halogenated alkanes) is 25. The number of esters is 3. The van der Waals surface area contributed by atoms with E-state index in [-0.39, 0.29) is 31.1 Å². The second-order valence-corrected chi connectivity index (χ2v) is 18.4. The molecule has 0 spiro atoms. The summed E-state index contributed by atoms with van der Waals surface area (Å²) < 4.78 is 16.8. The zero-order valence-corrected chi connectivity index (χ0v) is 43.9. The van der Waals surface area contributed by atoms with Gasteiger partial charge in [0.15, 0.2) is 6.10 Å². The zero-order chi connectivity index (χ0) is 48.6. The Kier molecular flexibility index (Phi) is 52.4. The second-order valence-electron chi connectivity index (χ2n) is 18.4. The highest BCUT2D eigenvalue weighted by molar-refractivity contribution is 5.71. The molecule has 0 fully saturated rings. The van der Waals surface area contributed by atoms with Crippen molar-refractivity contribution in [1.82, 2.24) is 0 Å². The van der Waals surface area contributed by atoms with Crippen LogP contribution in [-0.2, 0) is 28.6 Å². The predicted molar refractivity (Wildman–Crippen MR) is 288 cm³/mol. The van der Waals surface area contributed by atoms with Crippen LogP contribution in [0.3, 0.4) is 0 Å². The molecule has 0 saturated carbocycles. The molecular weight excluding hydrogens is 829 g/mol. The molecule has 6 heteroatoms. The van der Waals surface area contributed by atoms with Gasteiger partial charge in [0.2, 0.25) is 0 Å². The van der Waals surface area contributed by atoms with E-state index in [0.29, 0.717) is 19.3 Å². The van der Waals surface area contributed by atoms with Gasteiger partial charge in [-0.25, -0.2) is 0 Å². The summed E-state index contributed by atoms with van der Waals surface area (Å²) in [6.45, 7) is 6.36. The molecular formula is C61H104O6. The standard InChI is InChI=1S/C61H104O6/c1-4-7-10-13-16-18-20-22-24-25-26-27-28-29-30-31-32-33-34-35-37-38-40-42-45-48-51-54-60(63)66-57-58(56-65-59(62)53-50-47-44-15-12-9-6-3)67-61(64)55-52-49-46-43-41-39-36-23-21-19-17-14-11-8-5-2/h7-8,10-11,16-19,22-24,26-27,36,58H,4-6,9,12-15,20-21,25,28-35,37-57H2,1-3H3/b10-7-,11-8-,18-16-,19-17-,24-22-,27-26-,36-23-. The van der Waals surface area contributed by atoms with E-state index >= 15 is 0 Å². The molecule has 0 saturated heterocycles. The molecule has 384 valence electrons. The highest BCUT2D eigenvalue weighted by atomic mass is 16.6. The van der Waals surface area contributed by atoms with E-state index in [1.165, 1.54) is 103 Å². The van der Waals surface area contributed by atoms with Crippen LogP contribution in [0.25, 0.3) is 0 Å². The van der Waals surface area contributed by atoms with Crippen molar-refractivity contribution in [3.8, 4) is 0 Å². The van der Waals surface area contributed by atoms with Gasteiger partial charge in [0.25, 0.3) is 0 Å². The molecule has 0 aliphatic rings. The van der Waals surface area contributed by atoms with E-state index < -0.39 is 6.10 Å². The zero-order valence-electron chi connectivity index (χ0n) is 43.9. The molecule has 1 atom stereocenters. The van der Waals surface area contributed by atoms with Gasteiger partial charge < -0.3 is 14.2 Å². The Balaban J connectivity index is 4.13. The molecule has 0 aromatic carbocycles. The molecule has 0 N–H and O–H groups in total. The van der Waals surface area contributed by atoms with Crippen molar-refractivity contribution < 1.29 is 28.6 Å². The third-order valence-electron chi connectivity index (χ3n) is 11.9. The summed E-state index contributed by atoms with van der Waals surface area (Å²) in [4.78, 5) is 37.9. The second kappa shape index (κ2) is 55.2. The van der Waals surface area contributed by atoms with Gasteiger partial charge >= 0.3 is 17.9 Å². The summed E-state index contributed by atoms with van der Waals surface area (Å²) in [5, 5.41) is 0. The van der Waals surface area contributed by atoms with Gasteiger partial charge in [-0.15, -0.1) is 0 Å². The molecule has 0 aromatic heterocycles. The van der Waals surface area contributed by atoms with Gasteiger partial charge in [0, 0.05) is 19.3 Å². The summed E-state index contributed by atoms with van der Waals surface area (Å²) >= 11 is 0. The van der Waals surface area contributed by atoms with E-state index in [0.717, 1.165) is 122 Å². The summed E-state index contributed by atoms with van der Waals surface area (Å²) in [5.74, 6) is -0.903. The minimum Gasteiger partial charge on any atom is -0.462 e. The van der Waals surface area contributed by atoms with Crippen LogP contribution in [0.4, 0.5) is 0 Å². The van der Waals surface area contributed by atoms with E-state index in [2.05, 4.69) is 106 Å². The number of ether oxygens (including phenoxy) is 3. The highest BCUT2D eigenvalue weighted by Gasteiger charge is 2.19. The van der Waals surface area contributed by atoms with Crippen LogP contribution in [0.5, 0.6) is 0 Å². The fourth-order valence-electron chi connectivity index (χ4n) is 7.74. The third-order valence-corrected chi connectivity index (χ3v) is 11.9. The summed E-state index contributed by atoms with van der Waals surface area (Å²) in [6, 6.07) is 0. The average molecular weight is 933 g/mol. The lowest BCUT2D eigenvalue weighted by atomic mass is 10.0. The van der Waals surface area contributed by atoms with E-state index in [4.69, 9.17) is 14.2 Å². The lowest BCUT2D eigenvalue weighted by Gasteiger charge is -2.18. The summed E-state index contributed by atoms with van der Waals surface area (Å²) in [7, 11) is 0. The Morgan fingerprint density at radius 1 is 0.313 bits per heavy atom. The topological polar surface area (TPSA) is 78.9 Å². The maximum atomic E-state index is 12.8. The smallest absolute Gasteiger partial charge is 0.306 e. The normalized spacial score (nSPS) is 12.7. The van der Waals surface area contributed by atoms with E-state index in [1.807, 2.05) is 0 Å². The highest BCUT2D eigenvalue weighted by Crippen LogP contribution is 2.16. The lowest BCUT2D eigenvalue weighted by Crippen LogP contribution is -2.30. The molecule has 6 nitrogen and oxygen atoms in total. The molecule has 0 aliphatic heterocycles. The largest absolute Gasteiger partial charge is 0.462 e. The number of rotatable bonds is 50. The molecule has 0 aliphatic carbocycles. The van der Waals surface area contributed by atoms with Crippen LogP contribution < -0.4 is 0 Å². The van der Waals surface area contributed by atoms with Crippen molar-refractivity contribution in [2.24, 2.45) is 0 Å². The monoisotopic (exact) mass is 933 g/mol. The van der Waals surface area contributed by atoms with Crippen molar-refractivity contribution in [1.29, 1.82) is 0 Å². The van der Waals surface area contributed by atoms with Crippen LogP contribution in [0.15, 0.2) is 85.1 Å². The third kappa shape index (κ3) is 53.4. The molecule has 0 radical (unpaired) electrons. The number of hydrogen-bond acceptors (Lipinski definition) is 6. The Morgan fingerprint density at radius 2 is 0.582 bits per heavy atom. The lowest BCUT2D eigenvalue weighted by molar-refractivity contribution is -0.167. The Bertz CT molecular complexity index is 1300. The van der Waals surface area contributed by atoms with Gasteiger partial charge in [-0.1, -0.05) is 241 Å². The number of carbonyl (C=O) groups excluding carboxylic acids is 3. The van der Waals surface area contributed by atoms with Gasteiger partial charge in [-0.2, -0.15) is 0 Å². The first-order valence-electron chi connectivity index (χ1n) is 28.1. The van der Waals surface area contributed by atoms with Crippen LogP contribution >= 0.6 is 0 Å². The van der Waals surface area contributed by atoms with Crippen LogP contribution in [0.1, 0.15) is 265 Å².